The summed E-state index contributed by atoms with van der Waals surface area (Å²) in [6.45, 7) is 15.4. The molecule has 1 aromatic heterocycles. The number of nitrogens with one attached hydrogen (secondary N) is 1. The lowest BCUT2D eigenvalue weighted by molar-refractivity contribution is -0.156. The molecule has 5 heterocycles. The van der Waals surface area contributed by atoms with Gasteiger partial charge >= 0.3 is 11.9 Å². The second-order valence-corrected chi connectivity index (χ2v) is 11.1. The van der Waals surface area contributed by atoms with Gasteiger partial charge in [-0.15, -0.1) is 0 Å². The van der Waals surface area contributed by atoms with E-state index in [-0.39, 0.29) is 22.6 Å². The van der Waals surface area contributed by atoms with Gasteiger partial charge in [0.25, 0.3) is 0 Å². The maximum atomic E-state index is 13.3. The number of aliphatic carboxylic acids is 1. The Labute approximate surface area is 258 Å². The number of ether oxygens (including phenoxy) is 1. The molecule has 5 aliphatic rings. The Morgan fingerprint density at radius 3 is 2.24 bits per heavy atom. The van der Waals surface area contributed by atoms with Gasteiger partial charge in [-0.1, -0.05) is 25.3 Å². The van der Waals surface area contributed by atoms with Gasteiger partial charge in [-0.3, -0.25) is 0 Å². The van der Waals surface area contributed by atoms with Crippen LogP contribution in [0.15, 0.2) is 114 Å². The first-order valence-corrected chi connectivity index (χ1v) is 14.1. The first kappa shape index (κ1) is 29.5. The van der Waals surface area contributed by atoms with E-state index in [1.54, 1.807) is 38.2 Å². The maximum absolute atomic E-state index is 13.3. The lowest BCUT2D eigenvalue weighted by Gasteiger charge is -2.23. The Hall–Kier alpha value is -5.61. The number of hydrogen-bond acceptors (Lipinski definition) is 8. The minimum absolute atomic E-state index is 0.0712. The van der Waals surface area contributed by atoms with Crippen LogP contribution in [-0.2, 0) is 14.3 Å². The fourth-order valence-electron chi connectivity index (χ4n) is 6.24. The molecule has 0 amide bonds. The third-order valence-corrected chi connectivity index (χ3v) is 8.71. The summed E-state index contributed by atoms with van der Waals surface area (Å²) in [7, 11) is 1.10. The smallest absolute Gasteiger partial charge is 0.350 e. The predicted molar refractivity (Wildman–Crippen MR) is 173 cm³/mol. The second kappa shape index (κ2) is 10.2. The standard InChI is InChI=1S/C35H30N4O6/c1-8-19-15(3)22-12-24-17(5)21(10-11-28(40)41)31(38-24)30-32-29(33(42)35(30,44)34(43)45-7)18(6)25(39-32)14-27-20(9-2)16(4)23(37-27)13-26(19)36-22/h8-14,36,42,44H,1-2H2,3-7H3,(H,40,41)/t35-/m0/s1. The number of aromatic amines is 1. The number of aromatic nitrogens is 1. The number of aliphatic hydroxyl groups is 2. The lowest BCUT2D eigenvalue weighted by Crippen LogP contribution is -2.43. The van der Waals surface area contributed by atoms with Gasteiger partial charge in [0.1, 0.15) is 0 Å². The molecule has 1 aliphatic carbocycles. The van der Waals surface area contributed by atoms with Crippen molar-refractivity contribution in [2.45, 2.75) is 33.3 Å². The molecule has 0 aromatic carbocycles. The van der Waals surface area contributed by atoms with Crippen molar-refractivity contribution in [3.63, 3.8) is 0 Å². The van der Waals surface area contributed by atoms with Gasteiger partial charge in [0, 0.05) is 39.1 Å². The Morgan fingerprint density at radius 2 is 1.60 bits per heavy atom. The highest BCUT2D eigenvalue weighted by Gasteiger charge is 2.58. The minimum atomic E-state index is -2.66. The van der Waals surface area contributed by atoms with Gasteiger partial charge < -0.3 is 25.0 Å². The number of nitrogens with zero attached hydrogens (tertiary/aromatic N) is 3. The van der Waals surface area contributed by atoms with E-state index in [0.29, 0.717) is 44.9 Å². The van der Waals surface area contributed by atoms with Gasteiger partial charge in [-0.25, -0.2) is 24.6 Å². The number of methoxy groups -OCH3 is 1. The van der Waals surface area contributed by atoms with Crippen molar-refractivity contribution in [1.82, 2.24) is 4.98 Å². The highest BCUT2D eigenvalue weighted by atomic mass is 16.5. The number of allylic oxidation sites excluding steroid dienone is 7. The first-order chi connectivity index (χ1) is 21.4. The van der Waals surface area contributed by atoms with Crippen molar-refractivity contribution < 1.29 is 29.6 Å². The van der Waals surface area contributed by atoms with Crippen molar-refractivity contribution in [2.24, 2.45) is 15.0 Å². The number of aliphatic imine (C=N–C) groups is 3. The molecule has 1 atom stereocenters. The van der Waals surface area contributed by atoms with Gasteiger partial charge in [-0.2, -0.15) is 0 Å². The molecule has 0 spiro atoms. The second-order valence-electron chi connectivity index (χ2n) is 11.1. The number of aliphatic hydroxyl groups excluding tert-OH is 1. The predicted octanol–water partition coefficient (Wildman–Crippen LogP) is 3.51. The van der Waals surface area contributed by atoms with E-state index in [9.17, 15) is 24.9 Å². The summed E-state index contributed by atoms with van der Waals surface area (Å²) in [5.74, 6) is -3.01. The van der Waals surface area contributed by atoms with Gasteiger partial charge in [-0.05, 0) is 74.3 Å². The van der Waals surface area contributed by atoms with Crippen molar-refractivity contribution >= 4 is 47.3 Å². The van der Waals surface area contributed by atoms with Crippen LogP contribution in [0.25, 0.3) is 18.2 Å². The molecule has 4 aliphatic heterocycles. The van der Waals surface area contributed by atoms with Gasteiger partial charge in [0.15, 0.2) is 5.76 Å². The number of carboxylic acids is 1. The number of rotatable bonds is 5. The number of carbonyl (C=O) groups excluding carboxylic acids is 1. The SMILES string of the molecule is C=CC1=C(C)C2=NC1=CC1=C(C)C3=C(O)[C@](O)(C(=O)OC)C(=C4N=C(C=c5[nH]c(c(C=C)c5C)=C2)C(C)=C4C=CC(=O)O)C3=N1. The topological polar surface area (TPSA) is 157 Å². The van der Waals surface area contributed by atoms with Crippen LogP contribution < -0.4 is 10.7 Å². The van der Waals surface area contributed by atoms with Crippen LogP contribution in [-0.4, -0.2) is 62.1 Å². The van der Waals surface area contributed by atoms with E-state index in [1.165, 1.54) is 6.08 Å². The van der Waals surface area contributed by atoms with Crippen LogP contribution in [0.4, 0.5) is 0 Å². The molecule has 0 saturated carbocycles. The van der Waals surface area contributed by atoms with E-state index in [2.05, 4.69) is 18.1 Å². The fourth-order valence-corrected chi connectivity index (χ4v) is 6.24. The lowest BCUT2D eigenvalue weighted by atomic mass is 9.90. The average Bonchev–Trinajstić information content (AvgIpc) is 3.72. The number of carbonyl (C=O) groups is 2. The fraction of sp³-hybridized carbons (Fsp3) is 0.171. The Kier molecular flexibility index (Phi) is 6.71. The first-order valence-electron chi connectivity index (χ1n) is 14.1. The molecule has 10 heteroatoms. The van der Waals surface area contributed by atoms with Crippen LogP contribution >= 0.6 is 0 Å². The molecule has 0 radical (unpaired) electrons. The molecule has 1 aromatic rings. The van der Waals surface area contributed by atoms with E-state index < -0.39 is 23.3 Å². The highest BCUT2D eigenvalue weighted by Crippen LogP contribution is 2.49. The summed E-state index contributed by atoms with van der Waals surface area (Å²) in [5, 5.41) is 34.5. The van der Waals surface area contributed by atoms with Crippen molar-refractivity contribution in [3.8, 4) is 0 Å². The summed E-state index contributed by atoms with van der Waals surface area (Å²) in [4.78, 5) is 42.8. The molecule has 0 fully saturated rings. The molecule has 226 valence electrons. The highest BCUT2D eigenvalue weighted by molar-refractivity contribution is 6.29. The summed E-state index contributed by atoms with van der Waals surface area (Å²) in [6.07, 6.45) is 11.3. The zero-order valence-corrected chi connectivity index (χ0v) is 25.4. The number of H-pyrrole nitrogens is 1. The molecule has 0 saturated heterocycles. The monoisotopic (exact) mass is 602 g/mol. The van der Waals surface area contributed by atoms with Crippen LogP contribution in [0, 0.1) is 6.92 Å². The molecule has 45 heavy (non-hydrogen) atoms. The molecule has 6 rings (SSSR count). The van der Waals surface area contributed by atoms with Crippen molar-refractivity contribution in [3.05, 3.63) is 121 Å². The number of fused-ring (bicyclic) bond motifs is 5. The van der Waals surface area contributed by atoms with Crippen LogP contribution in [0.5, 0.6) is 0 Å². The van der Waals surface area contributed by atoms with E-state index in [1.807, 2.05) is 19.9 Å². The largest absolute Gasteiger partial charge is 0.507 e. The normalized spacial score (nSPS) is 22.1. The zero-order valence-electron chi connectivity index (χ0n) is 25.4. The molecule has 4 N–H and O–H groups in total. The van der Waals surface area contributed by atoms with Crippen molar-refractivity contribution in [2.75, 3.05) is 7.11 Å². The molecular formula is C35H30N4O6. The Balaban J connectivity index is 1.81. The molecule has 8 bridgehead atoms. The van der Waals surface area contributed by atoms with Gasteiger partial charge in [0.2, 0.25) is 5.60 Å². The molecule has 10 nitrogen and oxygen atoms in total. The summed E-state index contributed by atoms with van der Waals surface area (Å²) < 4.78 is 4.97. The quantitative estimate of drug-likeness (QED) is 0.299. The third-order valence-electron chi connectivity index (χ3n) is 8.71. The average molecular weight is 603 g/mol. The number of carboxylic acid groups (broad SMARTS) is 1. The summed E-state index contributed by atoms with van der Waals surface area (Å²) in [5.41, 5.74) is 4.58. The zero-order chi connectivity index (χ0) is 32.5. The molecule has 0 unspecified atom stereocenters. The summed E-state index contributed by atoms with van der Waals surface area (Å²) in [6, 6.07) is 0. The van der Waals surface area contributed by atoms with Crippen LogP contribution in [0.1, 0.15) is 31.9 Å². The summed E-state index contributed by atoms with van der Waals surface area (Å²) >= 11 is 0. The number of hydrogen-bond donors (Lipinski definition) is 4. The minimum Gasteiger partial charge on any atom is -0.507 e. The maximum Gasteiger partial charge on any atom is 0.350 e. The van der Waals surface area contributed by atoms with Crippen LogP contribution in [0.3, 0.4) is 0 Å². The van der Waals surface area contributed by atoms with Crippen molar-refractivity contribution in [1.29, 1.82) is 0 Å². The molecular weight excluding hydrogens is 572 g/mol. The van der Waals surface area contributed by atoms with Crippen LogP contribution in [0.2, 0.25) is 0 Å². The Bertz CT molecular complexity index is 2170. The van der Waals surface area contributed by atoms with E-state index in [4.69, 9.17) is 19.7 Å². The third kappa shape index (κ3) is 4.10. The van der Waals surface area contributed by atoms with E-state index in [0.717, 1.165) is 40.8 Å². The van der Waals surface area contributed by atoms with Gasteiger partial charge in [0.05, 0.1) is 46.9 Å². The Morgan fingerprint density at radius 1 is 0.933 bits per heavy atom. The number of esters is 1. The van der Waals surface area contributed by atoms with E-state index >= 15 is 0 Å².